The zero-order valence-corrected chi connectivity index (χ0v) is 18.0. The zero-order chi connectivity index (χ0) is 21.5. The van der Waals surface area contributed by atoms with Gasteiger partial charge in [-0.1, -0.05) is 0 Å². The number of ether oxygens (including phenoxy) is 5. The lowest BCUT2D eigenvalue weighted by Gasteiger charge is -2.20. The fraction of sp³-hybridized carbons (Fsp3) is 0.667. The minimum absolute atomic E-state index is 0.0221. The van der Waals surface area contributed by atoms with Crippen LogP contribution >= 0.6 is 0 Å². The van der Waals surface area contributed by atoms with Crippen LogP contribution in [0.3, 0.4) is 0 Å². The van der Waals surface area contributed by atoms with E-state index in [-0.39, 0.29) is 29.6 Å². The molecule has 0 atom stereocenters. The highest BCUT2D eigenvalue weighted by Crippen LogP contribution is 2.27. The summed E-state index contributed by atoms with van der Waals surface area (Å²) in [7, 11) is 1.67. The maximum Gasteiger partial charge on any atom is 0.251 e. The minimum Gasteiger partial charge on any atom is -0.504 e. The van der Waals surface area contributed by atoms with Gasteiger partial charge in [0.05, 0.1) is 33.0 Å². The van der Waals surface area contributed by atoms with Gasteiger partial charge in [0.2, 0.25) is 0 Å². The molecule has 166 valence electrons. The number of phenolic OH excluding ortho intramolecular Hbond substituents is 1. The van der Waals surface area contributed by atoms with Gasteiger partial charge in [0, 0.05) is 31.4 Å². The van der Waals surface area contributed by atoms with E-state index in [2.05, 4.69) is 5.32 Å². The smallest absolute Gasteiger partial charge is 0.251 e. The Morgan fingerprint density at radius 2 is 1.52 bits per heavy atom. The molecule has 0 fully saturated rings. The summed E-state index contributed by atoms with van der Waals surface area (Å²) in [6.07, 6.45) is 0.874. The van der Waals surface area contributed by atoms with Crippen LogP contribution in [0.25, 0.3) is 0 Å². The highest BCUT2D eigenvalue weighted by molar-refractivity contribution is 5.95. The van der Waals surface area contributed by atoms with Gasteiger partial charge in [-0.05, 0) is 45.4 Å². The Morgan fingerprint density at radius 1 is 0.931 bits per heavy atom. The fourth-order valence-corrected chi connectivity index (χ4v) is 2.24. The maximum absolute atomic E-state index is 12.2. The van der Waals surface area contributed by atoms with E-state index < -0.39 is 0 Å². The van der Waals surface area contributed by atoms with Crippen LogP contribution in [0.2, 0.25) is 0 Å². The number of carbonyl (C=O) groups excluding carboxylic acids is 1. The molecular formula is C21H35NO7. The van der Waals surface area contributed by atoms with Crippen molar-refractivity contribution >= 4 is 5.91 Å². The predicted octanol–water partition coefficient (Wildman–Crippen LogP) is 2.39. The number of hydrogen-bond acceptors (Lipinski definition) is 7. The van der Waals surface area contributed by atoms with Crippen LogP contribution in [0.1, 0.15) is 37.6 Å². The molecular weight excluding hydrogens is 378 g/mol. The quantitative estimate of drug-likeness (QED) is 0.426. The van der Waals surface area contributed by atoms with Crippen molar-refractivity contribution in [1.29, 1.82) is 0 Å². The summed E-state index contributed by atoms with van der Waals surface area (Å²) < 4.78 is 26.7. The van der Waals surface area contributed by atoms with Crippen molar-refractivity contribution in [3.05, 3.63) is 23.8 Å². The topological polar surface area (TPSA) is 95.5 Å². The van der Waals surface area contributed by atoms with Gasteiger partial charge in [-0.25, -0.2) is 0 Å². The van der Waals surface area contributed by atoms with Crippen LogP contribution in [-0.4, -0.2) is 76.5 Å². The van der Waals surface area contributed by atoms with Gasteiger partial charge >= 0.3 is 0 Å². The molecule has 8 heteroatoms. The number of amides is 1. The molecule has 29 heavy (non-hydrogen) atoms. The Morgan fingerprint density at radius 3 is 2.10 bits per heavy atom. The van der Waals surface area contributed by atoms with E-state index >= 15 is 0 Å². The van der Waals surface area contributed by atoms with Gasteiger partial charge in [0.25, 0.3) is 5.91 Å². The summed E-state index contributed by atoms with van der Waals surface area (Å²) in [4.78, 5) is 12.2. The first kappa shape index (κ1) is 25.2. The normalized spacial score (nSPS) is 11.4. The number of aromatic hydroxyl groups is 1. The molecule has 1 rings (SSSR count). The van der Waals surface area contributed by atoms with Crippen molar-refractivity contribution in [3.8, 4) is 11.5 Å². The lowest BCUT2D eigenvalue weighted by atomic mass is 10.1. The number of hydrogen-bond donors (Lipinski definition) is 2. The first-order valence-electron chi connectivity index (χ1n) is 9.84. The van der Waals surface area contributed by atoms with Gasteiger partial charge < -0.3 is 34.1 Å². The highest BCUT2D eigenvalue weighted by Gasteiger charge is 2.16. The summed E-state index contributed by atoms with van der Waals surface area (Å²) in [6, 6.07) is 4.52. The summed E-state index contributed by atoms with van der Waals surface area (Å²) >= 11 is 0. The van der Waals surface area contributed by atoms with Crippen LogP contribution in [-0.2, 0) is 18.9 Å². The molecule has 0 aliphatic carbocycles. The van der Waals surface area contributed by atoms with Gasteiger partial charge in [-0.15, -0.1) is 0 Å². The Balaban J connectivity index is 2.15. The maximum atomic E-state index is 12.2. The van der Waals surface area contributed by atoms with Crippen molar-refractivity contribution in [3.63, 3.8) is 0 Å². The first-order valence-corrected chi connectivity index (χ1v) is 9.84. The van der Waals surface area contributed by atoms with Crippen molar-refractivity contribution in [2.75, 3.05) is 60.0 Å². The van der Waals surface area contributed by atoms with Crippen molar-refractivity contribution < 1.29 is 33.6 Å². The second-order valence-corrected chi connectivity index (χ2v) is 7.42. The number of carbonyl (C=O) groups is 1. The summed E-state index contributed by atoms with van der Waals surface area (Å²) in [5.41, 5.74) is 0.0775. The second kappa shape index (κ2) is 14.2. The standard InChI is InChI=1S/C21H35NO7/c1-21(2,3)22-20(24)17-6-7-18(23)19(16-17)29-15-14-28-13-12-27-11-10-26-9-5-8-25-4/h6-7,16,23H,5,8-15H2,1-4H3,(H,22,24). The molecule has 8 nitrogen and oxygen atoms in total. The van der Waals surface area contributed by atoms with Gasteiger partial charge in [-0.3, -0.25) is 4.79 Å². The van der Waals surface area contributed by atoms with Crippen molar-refractivity contribution in [2.45, 2.75) is 32.7 Å². The summed E-state index contributed by atoms with van der Waals surface area (Å²) in [5.74, 6) is 0.00148. The lowest BCUT2D eigenvalue weighted by Crippen LogP contribution is -2.40. The van der Waals surface area contributed by atoms with Gasteiger partial charge in [0.15, 0.2) is 11.5 Å². The average Bonchev–Trinajstić information content (AvgIpc) is 2.65. The molecule has 1 amide bonds. The van der Waals surface area contributed by atoms with Crippen LogP contribution < -0.4 is 10.1 Å². The molecule has 1 aromatic carbocycles. The monoisotopic (exact) mass is 413 g/mol. The predicted molar refractivity (Wildman–Crippen MR) is 110 cm³/mol. The van der Waals surface area contributed by atoms with E-state index in [0.29, 0.717) is 51.8 Å². The fourth-order valence-electron chi connectivity index (χ4n) is 2.24. The van der Waals surface area contributed by atoms with Crippen LogP contribution in [0, 0.1) is 0 Å². The van der Waals surface area contributed by atoms with Gasteiger partial charge in [0.1, 0.15) is 6.61 Å². The molecule has 0 saturated carbocycles. The summed E-state index contributed by atoms with van der Waals surface area (Å²) in [6.45, 7) is 9.63. The Bertz CT molecular complexity index is 587. The number of phenols is 1. The average molecular weight is 414 g/mol. The Hall–Kier alpha value is -1.87. The zero-order valence-electron chi connectivity index (χ0n) is 18.0. The third kappa shape index (κ3) is 12.3. The third-order valence-electron chi connectivity index (χ3n) is 3.58. The summed E-state index contributed by atoms with van der Waals surface area (Å²) in [5, 5.41) is 12.8. The van der Waals surface area contributed by atoms with Crippen molar-refractivity contribution in [1.82, 2.24) is 5.32 Å². The van der Waals surface area contributed by atoms with E-state index in [1.165, 1.54) is 12.1 Å². The number of nitrogens with one attached hydrogen (secondary N) is 1. The van der Waals surface area contributed by atoms with Crippen molar-refractivity contribution in [2.24, 2.45) is 0 Å². The largest absolute Gasteiger partial charge is 0.504 e. The first-order chi connectivity index (χ1) is 13.8. The minimum atomic E-state index is -0.345. The Labute approximate surface area is 173 Å². The van der Waals surface area contributed by atoms with Crippen LogP contribution in [0.5, 0.6) is 11.5 Å². The van der Waals surface area contributed by atoms with E-state index in [1.54, 1.807) is 13.2 Å². The van der Waals surface area contributed by atoms with Gasteiger partial charge in [-0.2, -0.15) is 0 Å². The molecule has 0 aliphatic rings. The number of methoxy groups -OCH3 is 1. The second-order valence-electron chi connectivity index (χ2n) is 7.42. The molecule has 0 aliphatic heterocycles. The van der Waals surface area contributed by atoms with Crippen LogP contribution in [0.15, 0.2) is 18.2 Å². The SMILES string of the molecule is COCCCOCCOCCOCCOc1cc(C(=O)NC(C)(C)C)ccc1O. The lowest BCUT2D eigenvalue weighted by molar-refractivity contribution is 0.00658. The highest BCUT2D eigenvalue weighted by atomic mass is 16.6. The molecule has 0 unspecified atom stereocenters. The molecule has 0 bridgehead atoms. The van der Waals surface area contributed by atoms with E-state index in [1.807, 2.05) is 20.8 Å². The van der Waals surface area contributed by atoms with Crippen LogP contribution in [0.4, 0.5) is 0 Å². The molecule has 2 N–H and O–H groups in total. The number of benzene rings is 1. The molecule has 1 aromatic rings. The molecule has 0 radical (unpaired) electrons. The van der Waals surface area contributed by atoms with E-state index in [4.69, 9.17) is 23.7 Å². The third-order valence-corrected chi connectivity index (χ3v) is 3.58. The van der Waals surface area contributed by atoms with E-state index in [9.17, 15) is 9.90 Å². The molecule has 0 heterocycles. The Kier molecular flexibility index (Phi) is 12.3. The molecule has 0 saturated heterocycles. The molecule has 0 spiro atoms. The number of rotatable bonds is 15. The van der Waals surface area contributed by atoms with E-state index in [0.717, 1.165) is 6.42 Å². The molecule has 0 aromatic heterocycles.